The molecular weight excluding hydrogens is 258 g/mol. The van der Waals surface area contributed by atoms with Crippen molar-refractivity contribution in [1.29, 1.82) is 0 Å². The quantitative estimate of drug-likeness (QED) is 0.664. The number of hydrogen-bond acceptors (Lipinski definition) is 5. The fourth-order valence-corrected chi connectivity index (χ4v) is 2.46. The largest absolute Gasteiger partial charge is 0.371 e. The third-order valence-corrected chi connectivity index (χ3v) is 3.60. The number of aromatic amines is 1. The number of fused-ring (bicyclic) bond motifs is 1. The molecule has 0 bridgehead atoms. The summed E-state index contributed by atoms with van der Waals surface area (Å²) in [7, 11) is 1.81. The molecule has 3 heterocycles. The fraction of sp³-hybridized carbons (Fsp3) is 0.154. The van der Waals surface area contributed by atoms with Crippen LogP contribution in [0.1, 0.15) is 16.3 Å². The highest BCUT2D eigenvalue weighted by atomic mass is 32.1. The Morgan fingerprint density at radius 3 is 2.95 bits per heavy atom. The average molecular weight is 269 g/mol. The maximum Gasteiger partial charge on any atom is 0.209 e. The molecule has 0 spiro atoms. The molecule has 0 saturated heterocycles. The summed E-state index contributed by atoms with van der Waals surface area (Å²) in [6, 6.07) is 2.05. The number of H-pyrrole nitrogens is 1. The van der Waals surface area contributed by atoms with Gasteiger partial charge in [0.15, 0.2) is 11.5 Å². The van der Waals surface area contributed by atoms with Crippen LogP contribution in [0.4, 0.5) is 5.82 Å². The third-order valence-electron chi connectivity index (χ3n) is 2.67. The number of aryl methyl sites for hydroxylation is 1. The highest BCUT2D eigenvalue weighted by Crippen LogP contribution is 2.16. The smallest absolute Gasteiger partial charge is 0.209 e. The zero-order chi connectivity index (χ0) is 13.2. The molecule has 0 radical (unpaired) electrons. The molecule has 3 rings (SSSR count). The van der Waals surface area contributed by atoms with Crippen LogP contribution in [0.5, 0.6) is 0 Å². The first-order valence-corrected chi connectivity index (χ1v) is 6.61. The van der Waals surface area contributed by atoms with Crippen molar-refractivity contribution in [3.63, 3.8) is 0 Å². The average Bonchev–Trinajstić information content (AvgIpc) is 3.04. The zero-order valence-corrected chi connectivity index (χ0v) is 11.3. The Kier molecular flexibility index (Phi) is 2.89. The van der Waals surface area contributed by atoms with Crippen LogP contribution in [0.25, 0.3) is 11.2 Å². The molecular formula is C13H11N5S. The van der Waals surface area contributed by atoms with E-state index in [1.54, 1.807) is 17.7 Å². The maximum atomic E-state index is 4.36. The van der Waals surface area contributed by atoms with Crippen LogP contribution in [-0.4, -0.2) is 27.0 Å². The monoisotopic (exact) mass is 269 g/mol. The van der Waals surface area contributed by atoms with Crippen molar-refractivity contribution in [2.75, 3.05) is 12.4 Å². The summed E-state index contributed by atoms with van der Waals surface area (Å²) in [6.07, 6.45) is 1.60. The van der Waals surface area contributed by atoms with Gasteiger partial charge in [0.2, 0.25) is 5.82 Å². The first kappa shape index (κ1) is 11.7. The number of anilines is 1. The predicted molar refractivity (Wildman–Crippen MR) is 76.3 cm³/mol. The molecule has 0 fully saturated rings. The van der Waals surface area contributed by atoms with Gasteiger partial charge in [-0.25, -0.2) is 9.97 Å². The Hall–Kier alpha value is -2.39. The van der Waals surface area contributed by atoms with E-state index in [0.29, 0.717) is 17.3 Å². The van der Waals surface area contributed by atoms with Crippen molar-refractivity contribution >= 4 is 28.3 Å². The van der Waals surface area contributed by atoms with Crippen molar-refractivity contribution in [3.8, 4) is 11.8 Å². The second kappa shape index (κ2) is 4.71. The van der Waals surface area contributed by atoms with E-state index < -0.39 is 0 Å². The molecule has 0 aliphatic heterocycles. The lowest BCUT2D eigenvalue weighted by molar-refractivity contribution is 1.15. The van der Waals surface area contributed by atoms with Gasteiger partial charge in [-0.05, 0) is 35.8 Å². The minimum atomic E-state index is 0.469. The Morgan fingerprint density at radius 1 is 1.32 bits per heavy atom. The summed E-state index contributed by atoms with van der Waals surface area (Å²) in [4.78, 5) is 16.8. The lowest BCUT2D eigenvalue weighted by Gasteiger charge is -1.99. The molecule has 94 valence electrons. The van der Waals surface area contributed by atoms with Gasteiger partial charge in [-0.15, -0.1) is 11.3 Å². The van der Waals surface area contributed by atoms with Crippen LogP contribution in [0.2, 0.25) is 0 Å². The molecule has 0 unspecified atom stereocenters. The van der Waals surface area contributed by atoms with Crippen LogP contribution in [0, 0.1) is 18.8 Å². The third kappa shape index (κ3) is 2.16. The topological polar surface area (TPSA) is 66.5 Å². The van der Waals surface area contributed by atoms with E-state index in [9.17, 15) is 0 Å². The lowest BCUT2D eigenvalue weighted by Crippen LogP contribution is -1.98. The molecule has 0 atom stereocenters. The Morgan fingerprint density at radius 2 is 2.21 bits per heavy atom. The van der Waals surface area contributed by atoms with Gasteiger partial charge in [0, 0.05) is 7.05 Å². The molecule has 0 aromatic carbocycles. The van der Waals surface area contributed by atoms with E-state index in [-0.39, 0.29) is 0 Å². The second-order valence-corrected chi connectivity index (χ2v) is 4.85. The summed E-state index contributed by atoms with van der Waals surface area (Å²) < 4.78 is 0. The first-order valence-electron chi connectivity index (χ1n) is 5.73. The van der Waals surface area contributed by atoms with Crippen molar-refractivity contribution in [3.05, 3.63) is 34.0 Å². The number of aromatic nitrogens is 4. The number of nitrogens with zero attached hydrogens (tertiary/aromatic N) is 3. The summed E-state index contributed by atoms with van der Waals surface area (Å²) in [5.74, 6) is 7.26. The van der Waals surface area contributed by atoms with E-state index in [2.05, 4.69) is 37.1 Å². The van der Waals surface area contributed by atoms with E-state index in [0.717, 1.165) is 10.4 Å². The molecule has 0 aliphatic rings. The minimum Gasteiger partial charge on any atom is -0.371 e. The van der Waals surface area contributed by atoms with Crippen LogP contribution < -0.4 is 5.32 Å². The van der Waals surface area contributed by atoms with Gasteiger partial charge in [-0.3, -0.25) is 0 Å². The van der Waals surface area contributed by atoms with Gasteiger partial charge in [0.25, 0.3) is 0 Å². The van der Waals surface area contributed by atoms with E-state index in [4.69, 9.17) is 0 Å². The maximum absolute atomic E-state index is 4.36. The minimum absolute atomic E-state index is 0.469. The Bertz CT molecular complexity index is 790. The SMILES string of the molecule is CNc1nc(C#Cc2sccc2C)nc2nc[nH]c12. The normalized spacial score (nSPS) is 10.2. The molecule has 19 heavy (non-hydrogen) atoms. The van der Waals surface area contributed by atoms with Crippen LogP contribution >= 0.6 is 11.3 Å². The highest BCUT2D eigenvalue weighted by molar-refractivity contribution is 7.10. The summed E-state index contributed by atoms with van der Waals surface area (Å²) >= 11 is 1.62. The number of thiophene rings is 1. The summed E-state index contributed by atoms with van der Waals surface area (Å²) in [5, 5.41) is 5.04. The summed E-state index contributed by atoms with van der Waals surface area (Å²) in [5.41, 5.74) is 2.58. The van der Waals surface area contributed by atoms with Gasteiger partial charge in [-0.2, -0.15) is 4.98 Å². The Balaban J connectivity index is 2.06. The molecule has 2 N–H and O–H groups in total. The standard InChI is InChI=1S/C13H11N5S/c1-8-5-6-19-9(8)3-4-10-17-12(14-2)11-13(18-10)16-7-15-11/h5-7H,1-2H3,(H2,14,15,16,17,18). The molecule has 0 amide bonds. The number of nitrogens with one attached hydrogen (secondary N) is 2. The van der Waals surface area contributed by atoms with Crippen molar-refractivity contribution in [1.82, 2.24) is 19.9 Å². The molecule has 0 aliphatic carbocycles. The Labute approximate surface area is 114 Å². The number of hydrogen-bond donors (Lipinski definition) is 2. The van der Waals surface area contributed by atoms with Crippen LogP contribution in [-0.2, 0) is 0 Å². The van der Waals surface area contributed by atoms with Gasteiger partial charge in [0.1, 0.15) is 5.52 Å². The van der Waals surface area contributed by atoms with Crippen LogP contribution in [0.15, 0.2) is 17.8 Å². The lowest BCUT2D eigenvalue weighted by atomic mass is 10.3. The van der Waals surface area contributed by atoms with Gasteiger partial charge in [-0.1, -0.05) is 0 Å². The van der Waals surface area contributed by atoms with E-state index in [1.165, 1.54) is 5.56 Å². The molecule has 6 heteroatoms. The first-order chi connectivity index (χ1) is 9.28. The van der Waals surface area contributed by atoms with Crippen molar-refractivity contribution < 1.29 is 0 Å². The fourth-order valence-electron chi connectivity index (χ4n) is 1.68. The molecule has 5 nitrogen and oxygen atoms in total. The van der Waals surface area contributed by atoms with E-state index >= 15 is 0 Å². The predicted octanol–water partition coefficient (Wildman–Crippen LogP) is 2.16. The van der Waals surface area contributed by atoms with Crippen molar-refractivity contribution in [2.24, 2.45) is 0 Å². The molecule has 0 saturated carbocycles. The van der Waals surface area contributed by atoms with E-state index in [1.807, 2.05) is 25.4 Å². The second-order valence-electron chi connectivity index (χ2n) is 3.93. The molecule has 3 aromatic heterocycles. The number of rotatable bonds is 1. The van der Waals surface area contributed by atoms with Gasteiger partial charge in [0.05, 0.1) is 11.2 Å². The molecule has 3 aromatic rings. The zero-order valence-electron chi connectivity index (χ0n) is 10.5. The van der Waals surface area contributed by atoms with Crippen LogP contribution in [0.3, 0.4) is 0 Å². The van der Waals surface area contributed by atoms with Crippen molar-refractivity contribution in [2.45, 2.75) is 6.92 Å². The highest BCUT2D eigenvalue weighted by Gasteiger charge is 2.07. The summed E-state index contributed by atoms with van der Waals surface area (Å²) in [6.45, 7) is 2.04. The van der Waals surface area contributed by atoms with Gasteiger partial charge < -0.3 is 10.3 Å². The van der Waals surface area contributed by atoms with Gasteiger partial charge >= 0.3 is 0 Å². The number of imidazole rings is 1.